The maximum absolute atomic E-state index is 13.2. The van der Waals surface area contributed by atoms with Crippen molar-refractivity contribution in [1.82, 2.24) is 4.72 Å². The van der Waals surface area contributed by atoms with Crippen molar-refractivity contribution in [2.75, 3.05) is 5.32 Å². The third-order valence-corrected chi connectivity index (χ3v) is 6.41. The molecule has 1 aliphatic heterocycles. The highest BCUT2D eigenvalue weighted by molar-refractivity contribution is 7.89. The van der Waals surface area contributed by atoms with Gasteiger partial charge in [0.15, 0.2) is 0 Å². The molecule has 0 bridgehead atoms. The minimum atomic E-state index is -3.81. The first-order valence-corrected chi connectivity index (χ1v) is 10.5. The molecule has 0 fully saturated rings. The van der Waals surface area contributed by atoms with Gasteiger partial charge in [-0.1, -0.05) is 60.7 Å². The number of rotatable bonds is 5. The maximum Gasteiger partial charge on any atom is 0.241 e. The number of anilines is 1. The van der Waals surface area contributed by atoms with Crippen LogP contribution < -0.4 is 10.0 Å². The van der Waals surface area contributed by atoms with Crippen molar-refractivity contribution in [3.05, 3.63) is 95.6 Å². The van der Waals surface area contributed by atoms with Crippen LogP contribution in [0.15, 0.2) is 83.8 Å². The summed E-state index contributed by atoms with van der Waals surface area (Å²) in [6.07, 6.45) is 0. The van der Waals surface area contributed by atoms with Gasteiger partial charge < -0.3 is 5.32 Å². The van der Waals surface area contributed by atoms with Gasteiger partial charge in [0.25, 0.3) is 0 Å². The van der Waals surface area contributed by atoms with Crippen molar-refractivity contribution in [1.29, 1.82) is 0 Å². The summed E-state index contributed by atoms with van der Waals surface area (Å²) in [5.41, 5.74) is 3.07. The van der Waals surface area contributed by atoms with Gasteiger partial charge in [0.05, 0.1) is 16.9 Å². The summed E-state index contributed by atoms with van der Waals surface area (Å²) >= 11 is 0. The lowest BCUT2D eigenvalue weighted by atomic mass is 10.00. The molecule has 2 N–H and O–H groups in total. The second-order valence-electron chi connectivity index (χ2n) is 6.84. The number of fused-ring (bicyclic) bond motifs is 1. The van der Waals surface area contributed by atoms with Gasteiger partial charge >= 0.3 is 0 Å². The van der Waals surface area contributed by atoms with Crippen molar-refractivity contribution in [3.63, 3.8) is 0 Å². The smallest absolute Gasteiger partial charge is 0.241 e. The number of hydrogen-bond acceptors (Lipinski definition) is 3. The van der Waals surface area contributed by atoms with Crippen LogP contribution in [0.5, 0.6) is 0 Å². The van der Waals surface area contributed by atoms with E-state index in [4.69, 9.17) is 0 Å². The van der Waals surface area contributed by atoms with E-state index in [9.17, 15) is 13.2 Å². The van der Waals surface area contributed by atoms with Gasteiger partial charge in [-0.25, -0.2) is 8.42 Å². The second-order valence-corrected chi connectivity index (χ2v) is 8.55. The average Bonchev–Trinajstić information content (AvgIpc) is 3.01. The van der Waals surface area contributed by atoms with Crippen molar-refractivity contribution < 1.29 is 13.2 Å². The van der Waals surface area contributed by atoms with Crippen LogP contribution in [-0.2, 0) is 14.8 Å². The van der Waals surface area contributed by atoms with Crippen LogP contribution in [-0.4, -0.2) is 14.3 Å². The van der Waals surface area contributed by atoms with E-state index in [1.165, 1.54) is 6.07 Å². The fourth-order valence-electron chi connectivity index (χ4n) is 3.40. The minimum absolute atomic E-state index is 0.121. The lowest BCUT2D eigenvalue weighted by molar-refractivity contribution is -0.116. The van der Waals surface area contributed by atoms with Crippen LogP contribution in [0, 0.1) is 0 Å². The van der Waals surface area contributed by atoms with E-state index in [0.29, 0.717) is 11.3 Å². The Labute approximate surface area is 164 Å². The summed E-state index contributed by atoms with van der Waals surface area (Å²) in [5.74, 6) is -0.492. The van der Waals surface area contributed by atoms with E-state index in [1.54, 1.807) is 19.1 Å². The van der Waals surface area contributed by atoms with Gasteiger partial charge in [-0.05, 0) is 41.8 Å². The topological polar surface area (TPSA) is 75.3 Å². The maximum atomic E-state index is 13.2. The third-order valence-electron chi connectivity index (χ3n) is 4.99. The predicted molar refractivity (Wildman–Crippen MR) is 109 cm³/mol. The first-order valence-electron chi connectivity index (χ1n) is 9.03. The SMILES string of the molecule is C[C@H]1C(=O)Nc2ccc(S(=O)(=O)NC(c3ccccc3)c3ccccc3)cc21. The summed E-state index contributed by atoms with van der Waals surface area (Å²) in [4.78, 5) is 12.0. The molecule has 1 atom stereocenters. The lowest BCUT2D eigenvalue weighted by Crippen LogP contribution is -2.29. The van der Waals surface area contributed by atoms with Crippen molar-refractivity contribution in [3.8, 4) is 0 Å². The zero-order chi connectivity index (χ0) is 19.7. The average molecular weight is 392 g/mol. The molecule has 5 nitrogen and oxygen atoms in total. The number of nitrogens with one attached hydrogen (secondary N) is 2. The molecule has 1 aliphatic rings. The normalized spacial score (nSPS) is 16.1. The monoisotopic (exact) mass is 392 g/mol. The Balaban J connectivity index is 1.72. The summed E-state index contributed by atoms with van der Waals surface area (Å²) in [6.45, 7) is 1.77. The molecule has 6 heteroatoms. The molecule has 0 unspecified atom stereocenters. The van der Waals surface area contributed by atoms with Gasteiger partial charge in [-0.15, -0.1) is 0 Å². The molecule has 0 saturated carbocycles. The van der Waals surface area contributed by atoms with E-state index in [2.05, 4.69) is 10.0 Å². The quantitative estimate of drug-likeness (QED) is 0.693. The van der Waals surface area contributed by atoms with Crippen LogP contribution in [0.25, 0.3) is 0 Å². The van der Waals surface area contributed by atoms with E-state index in [-0.39, 0.29) is 16.7 Å². The molecule has 1 heterocycles. The molecule has 142 valence electrons. The van der Waals surface area contributed by atoms with Crippen LogP contribution >= 0.6 is 0 Å². The van der Waals surface area contributed by atoms with Gasteiger partial charge in [0, 0.05) is 5.69 Å². The Kier molecular flexibility index (Phi) is 4.75. The van der Waals surface area contributed by atoms with Crippen molar-refractivity contribution in [2.24, 2.45) is 0 Å². The number of carbonyl (C=O) groups excluding carboxylic acids is 1. The van der Waals surface area contributed by atoms with Gasteiger partial charge in [-0.2, -0.15) is 4.72 Å². The Morgan fingerprint density at radius 1 is 0.893 bits per heavy atom. The van der Waals surface area contributed by atoms with Gasteiger partial charge in [0.1, 0.15) is 0 Å². The van der Waals surface area contributed by atoms with Crippen LogP contribution in [0.2, 0.25) is 0 Å². The molecule has 0 aliphatic carbocycles. The van der Waals surface area contributed by atoms with Crippen LogP contribution in [0.4, 0.5) is 5.69 Å². The fourth-order valence-corrected chi connectivity index (χ4v) is 4.65. The summed E-state index contributed by atoms with van der Waals surface area (Å²) < 4.78 is 29.1. The number of carbonyl (C=O) groups is 1. The molecular weight excluding hydrogens is 372 g/mol. The lowest BCUT2D eigenvalue weighted by Gasteiger charge is -2.20. The number of amides is 1. The molecule has 0 saturated heterocycles. The van der Waals surface area contributed by atoms with E-state index in [0.717, 1.165) is 11.1 Å². The Morgan fingerprint density at radius 3 is 2.04 bits per heavy atom. The zero-order valence-corrected chi connectivity index (χ0v) is 16.1. The van der Waals surface area contributed by atoms with Crippen molar-refractivity contribution in [2.45, 2.75) is 23.8 Å². The number of benzene rings is 3. The Bertz CT molecular complexity index is 1070. The Morgan fingerprint density at radius 2 is 1.46 bits per heavy atom. The van der Waals surface area contributed by atoms with Crippen LogP contribution in [0.3, 0.4) is 0 Å². The number of hydrogen-bond donors (Lipinski definition) is 2. The summed E-state index contributed by atoms with van der Waals surface area (Å²) in [7, 11) is -3.81. The van der Waals surface area contributed by atoms with Gasteiger partial charge in [0.2, 0.25) is 15.9 Å². The Hall–Kier alpha value is -2.96. The minimum Gasteiger partial charge on any atom is -0.325 e. The first kappa shape index (κ1) is 18.4. The summed E-state index contributed by atoms with van der Waals surface area (Å²) in [6, 6.07) is 23.1. The molecule has 0 radical (unpaired) electrons. The number of sulfonamides is 1. The van der Waals surface area contributed by atoms with E-state index in [1.807, 2.05) is 60.7 Å². The zero-order valence-electron chi connectivity index (χ0n) is 15.3. The van der Waals surface area contributed by atoms with Crippen molar-refractivity contribution >= 4 is 21.6 Å². The first-order chi connectivity index (χ1) is 13.5. The second kappa shape index (κ2) is 7.22. The molecule has 28 heavy (non-hydrogen) atoms. The van der Waals surface area contributed by atoms with E-state index >= 15 is 0 Å². The molecule has 3 aromatic rings. The largest absolute Gasteiger partial charge is 0.325 e. The molecule has 0 aromatic heterocycles. The highest BCUT2D eigenvalue weighted by Crippen LogP contribution is 2.34. The molecular formula is C22H20N2O3S. The molecule has 0 spiro atoms. The van der Waals surface area contributed by atoms with Gasteiger partial charge in [-0.3, -0.25) is 4.79 Å². The molecule has 1 amide bonds. The fraction of sp³-hybridized carbons (Fsp3) is 0.136. The third kappa shape index (κ3) is 3.44. The highest BCUT2D eigenvalue weighted by atomic mass is 32.2. The van der Waals surface area contributed by atoms with E-state index < -0.39 is 16.1 Å². The highest BCUT2D eigenvalue weighted by Gasteiger charge is 2.29. The standard InChI is InChI=1S/C22H20N2O3S/c1-15-19-14-18(12-13-20(19)23-22(15)25)28(26,27)24-21(16-8-4-2-5-9-16)17-10-6-3-7-11-17/h2-15,21,24H,1H3,(H,23,25)/t15-/m1/s1. The predicted octanol–water partition coefficient (Wildman–Crippen LogP) is 3.81. The molecule has 4 rings (SSSR count). The molecule has 3 aromatic carbocycles. The summed E-state index contributed by atoms with van der Waals surface area (Å²) in [5, 5.41) is 2.76. The van der Waals surface area contributed by atoms with Crippen LogP contribution in [0.1, 0.15) is 35.6 Å².